The summed E-state index contributed by atoms with van der Waals surface area (Å²) in [6, 6.07) is 4.42. The zero-order valence-electron chi connectivity index (χ0n) is 9.23. The predicted octanol–water partition coefficient (Wildman–Crippen LogP) is 1.84. The number of rotatable bonds is 6. The van der Waals surface area contributed by atoms with Gasteiger partial charge in [0.25, 0.3) is 0 Å². The van der Waals surface area contributed by atoms with Gasteiger partial charge in [-0.1, -0.05) is 0 Å². The molecule has 1 aromatic heterocycles. The lowest BCUT2D eigenvalue weighted by Crippen LogP contribution is -2.13. The van der Waals surface area contributed by atoms with Crippen molar-refractivity contribution < 1.29 is 5.11 Å². The summed E-state index contributed by atoms with van der Waals surface area (Å²) in [5, 5.41) is 11.8. The Hall–Kier alpha value is -0.580. The van der Waals surface area contributed by atoms with E-state index in [0.29, 0.717) is 6.04 Å². The molecular weight excluding hydrogens is 208 g/mol. The molecule has 1 rings (SSSR count). The van der Waals surface area contributed by atoms with Gasteiger partial charge in [-0.15, -0.1) is 11.8 Å². The average Bonchev–Trinajstić information content (AvgIpc) is 2.29. The second kappa shape index (κ2) is 6.82. The third-order valence-electron chi connectivity index (χ3n) is 2.21. The van der Waals surface area contributed by atoms with Crippen molar-refractivity contribution in [2.75, 3.05) is 19.4 Å². The molecule has 0 saturated heterocycles. The Kier molecular flexibility index (Phi) is 5.68. The summed E-state index contributed by atoms with van der Waals surface area (Å²) in [5.74, 6) is 0.944. The van der Waals surface area contributed by atoms with Gasteiger partial charge in [0.15, 0.2) is 0 Å². The number of nitrogens with zero attached hydrogens (tertiary/aromatic N) is 1. The molecule has 0 aliphatic rings. The van der Waals surface area contributed by atoms with E-state index in [2.05, 4.69) is 23.3 Å². The van der Waals surface area contributed by atoms with Crippen LogP contribution in [0.1, 0.15) is 25.1 Å². The first-order valence-corrected chi connectivity index (χ1v) is 6.13. The standard InChI is InChI=1S/C11H18N2OS/c1-9(12-2)11-5-4-10(8-13-11)15-7-3-6-14/h4-5,8-9,12,14H,3,6-7H2,1-2H3. The van der Waals surface area contributed by atoms with E-state index < -0.39 is 0 Å². The Bertz CT molecular complexity index is 276. The van der Waals surface area contributed by atoms with E-state index in [1.807, 2.05) is 19.3 Å². The predicted molar refractivity (Wildman–Crippen MR) is 64.1 cm³/mol. The molecule has 1 atom stereocenters. The fourth-order valence-electron chi connectivity index (χ4n) is 1.14. The van der Waals surface area contributed by atoms with Crippen molar-refractivity contribution >= 4 is 11.8 Å². The van der Waals surface area contributed by atoms with Crippen molar-refractivity contribution in [3.05, 3.63) is 24.0 Å². The largest absolute Gasteiger partial charge is 0.396 e. The van der Waals surface area contributed by atoms with Crippen LogP contribution < -0.4 is 5.32 Å². The first kappa shape index (κ1) is 12.5. The van der Waals surface area contributed by atoms with E-state index in [0.717, 1.165) is 22.8 Å². The van der Waals surface area contributed by atoms with Gasteiger partial charge < -0.3 is 10.4 Å². The Morgan fingerprint density at radius 2 is 2.33 bits per heavy atom. The maximum atomic E-state index is 8.66. The molecule has 1 heterocycles. The molecule has 0 radical (unpaired) electrons. The van der Waals surface area contributed by atoms with Gasteiger partial charge in [-0.25, -0.2) is 0 Å². The number of aliphatic hydroxyl groups excluding tert-OH is 1. The maximum absolute atomic E-state index is 8.66. The van der Waals surface area contributed by atoms with E-state index in [4.69, 9.17) is 5.11 Å². The zero-order valence-corrected chi connectivity index (χ0v) is 10.0. The average molecular weight is 226 g/mol. The highest BCUT2D eigenvalue weighted by Crippen LogP contribution is 2.19. The Labute approximate surface area is 95.3 Å². The number of aromatic nitrogens is 1. The van der Waals surface area contributed by atoms with Gasteiger partial charge in [-0.2, -0.15) is 0 Å². The number of hydrogen-bond acceptors (Lipinski definition) is 4. The molecular formula is C11H18N2OS. The van der Waals surface area contributed by atoms with E-state index in [-0.39, 0.29) is 6.61 Å². The lowest BCUT2D eigenvalue weighted by Gasteiger charge is -2.09. The third-order valence-corrected chi connectivity index (χ3v) is 3.27. The highest BCUT2D eigenvalue weighted by molar-refractivity contribution is 7.99. The number of nitrogens with one attached hydrogen (secondary N) is 1. The molecule has 15 heavy (non-hydrogen) atoms. The van der Waals surface area contributed by atoms with Crippen molar-refractivity contribution in [2.24, 2.45) is 0 Å². The monoisotopic (exact) mass is 226 g/mol. The first-order chi connectivity index (χ1) is 7.27. The van der Waals surface area contributed by atoms with Crippen LogP contribution in [0.15, 0.2) is 23.2 Å². The molecule has 3 nitrogen and oxygen atoms in total. The van der Waals surface area contributed by atoms with Gasteiger partial charge in [0.05, 0.1) is 5.69 Å². The van der Waals surface area contributed by atoms with Crippen LogP contribution in [0.25, 0.3) is 0 Å². The zero-order chi connectivity index (χ0) is 11.1. The molecule has 1 aromatic rings. The molecule has 0 fully saturated rings. The summed E-state index contributed by atoms with van der Waals surface area (Å²) < 4.78 is 0. The topological polar surface area (TPSA) is 45.1 Å². The van der Waals surface area contributed by atoms with Gasteiger partial charge in [0, 0.05) is 29.5 Å². The van der Waals surface area contributed by atoms with Crippen molar-refractivity contribution in [2.45, 2.75) is 24.3 Å². The van der Waals surface area contributed by atoms with E-state index >= 15 is 0 Å². The number of thioether (sulfide) groups is 1. The number of pyridine rings is 1. The van der Waals surface area contributed by atoms with Crippen molar-refractivity contribution in [3.63, 3.8) is 0 Å². The third kappa shape index (κ3) is 4.20. The van der Waals surface area contributed by atoms with Gasteiger partial charge in [-0.05, 0) is 32.5 Å². The molecule has 2 N–H and O–H groups in total. The fourth-order valence-corrected chi connectivity index (χ4v) is 1.94. The number of aliphatic hydroxyl groups is 1. The normalized spacial score (nSPS) is 12.7. The first-order valence-electron chi connectivity index (χ1n) is 5.14. The van der Waals surface area contributed by atoms with Crippen LogP contribution in [0.3, 0.4) is 0 Å². The molecule has 0 bridgehead atoms. The Morgan fingerprint density at radius 1 is 1.53 bits per heavy atom. The summed E-state index contributed by atoms with van der Waals surface area (Å²) in [7, 11) is 1.93. The SMILES string of the molecule is CNC(C)c1ccc(SCCCO)cn1. The van der Waals surface area contributed by atoms with Gasteiger partial charge in [0.2, 0.25) is 0 Å². The molecule has 0 amide bonds. The fraction of sp³-hybridized carbons (Fsp3) is 0.545. The lowest BCUT2D eigenvalue weighted by molar-refractivity contribution is 0.296. The van der Waals surface area contributed by atoms with Crippen molar-refractivity contribution in [1.82, 2.24) is 10.3 Å². The second-order valence-electron chi connectivity index (χ2n) is 3.35. The molecule has 1 unspecified atom stereocenters. The molecule has 0 spiro atoms. The minimum Gasteiger partial charge on any atom is -0.396 e. The molecule has 0 aromatic carbocycles. The molecule has 0 saturated carbocycles. The lowest BCUT2D eigenvalue weighted by atomic mass is 10.2. The van der Waals surface area contributed by atoms with Crippen LogP contribution in [0.2, 0.25) is 0 Å². The molecule has 4 heteroatoms. The minimum absolute atomic E-state index is 0.259. The summed E-state index contributed by atoms with van der Waals surface area (Å²) in [4.78, 5) is 5.54. The van der Waals surface area contributed by atoms with Gasteiger partial charge >= 0.3 is 0 Å². The summed E-state index contributed by atoms with van der Waals surface area (Å²) >= 11 is 1.73. The minimum atomic E-state index is 0.259. The Morgan fingerprint density at radius 3 is 2.87 bits per heavy atom. The van der Waals surface area contributed by atoms with Crippen LogP contribution in [0.5, 0.6) is 0 Å². The summed E-state index contributed by atoms with van der Waals surface area (Å²) in [6.45, 7) is 2.34. The smallest absolute Gasteiger partial charge is 0.0571 e. The van der Waals surface area contributed by atoms with E-state index in [1.165, 1.54) is 0 Å². The molecule has 0 aliphatic heterocycles. The molecule has 0 aliphatic carbocycles. The van der Waals surface area contributed by atoms with E-state index in [1.54, 1.807) is 11.8 Å². The highest BCUT2D eigenvalue weighted by Gasteiger charge is 2.03. The summed E-state index contributed by atoms with van der Waals surface area (Å²) in [5.41, 5.74) is 1.06. The quantitative estimate of drug-likeness (QED) is 0.574. The summed E-state index contributed by atoms with van der Waals surface area (Å²) in [6.07, 6.45) is 2.73. The van der Waals surface area contributed by atoms with E-state index in [9.17, 15) is 0 Å². The van der Waals surface area contributed by atoms with Crippen LogP contribution in [0.4, 0.5) is 0 Å². The maximum Gasteiger partial charge on any atom is 0.0571 e. The van der Waals surface area contributed by atoms with Crippen LogP contribution >= 0.6 is 11.8 Å². The number of hydrogen-bond donors (Lipinski definition) is 2. The Balaban J connectivity index is 2.49. The van der Waals surface area contributed by atoms with Crippen molar-refractivity contribution in [1.29, 1.82) is 0 Å². The van der Waals surface area contributed by atoms with Crippen molar-refractivity contribution in [3.8, 4) is 0 Å². The molecule has 84 valence electrons. The van der Waals surface area contributed by atoms with Gasteiger partial charge in [-0.3, -0.25) is 4.98 Å². The second-order valence-corrected chi connectivity index (χ2v) is 4.52. The van der Waals surface area contributed by atoms with Crippen LogP contribution in [0, 0.1) is 0 Å². The highest BCUT2D eigenvalue weighted by atomic mass is 32.2. The van der Waals surface area contributed by atoms with Crippen LogP contribution in [-0.4, -0.2) is 29.5 Å². The van der Waals surface area contributed by atoms with Gasteiger partial charge in [0.1, 0.15) is 0 Å². The van der Waals surface area contributed by atoms with Crippen LogP contribution in [-0.2, 0) is 0 Å².